The summed E-state index contributed by atoms with van der Waals surface area (Å²) in [6.07, 6.45) is -0.641. The van der Waals surface area contributed by atoms with Crippen molar-refractivity contribution in [3.8, 4) is 5.75 Å². The van der Waals surface area contributed by atoms with Crippen molar-refractivity contribution < 1.29 is 19.2 Å². The van der Waals surface area contributed by atoms with Gasteiger partial charge in [0.05, 0.1) is 19.0 Å². The Morgan fingerprint density at radius 2 is 1.59 bits per heavy atom. The molecule has 6 nitrogen and oxygen atoms in total. The van der Waals surface area contributed by atoms with Crippen LogP contribution in [0.1, 0.15) is 58.2 Å². The fourth-order valence-corrected chi connectivity index (χ4v) is 3.80. The van der Waals surface area contributed by atoms with Gasteiger partial charge in [-0.3, -0.25) is 10.1 Å². The maximum absolute atomic E-state index is 10.8. The van der Waals surface area contributed by atoms with Crippen LogP contribution in [0, 0.1) is 10.1 Å². The normalized spacial score (nSPS) is 13.7. The lowest BCUT2D eigenvalue weighted by molar-refractivity contribution is -0.906. The summed E-state index contributed by atoms with van der Waals surface area (Å²) in [5, 5.41) is 21.5. The van der Waals surface area contributed by atoms with E-state index in [0.717, 1.165) is 16.9 Å². The van der Waals surface area contributed by atoms with Gasteiger partial charge in [-0.25, -0.2) is 0 Å². The van der Waals surface area contributed by atoms with E-state index in [2.05, 4.69) is 53.7 Å². The van der Waals surface area contributed by atoms with Gasteiger partial charge in [-0.1, -0.05) is 53.7 Å². The van der Waals surface area contributed by atoms with Crippen molar-refractivity contribution in [2.45, 2.75) is 65.0 Å². The summed E-state index contributed by atoms with van der Waals surface area (Å²) in [5.41, 5.74) is 3.44. The first-order valence-corrected chi connectivity index (χ1v) is 11.1. The van der Waals surface area contributed by atoms with E-state index >= 15 is 0 Å². The van der Waals surface area contributed by atoms with Crippen LogP contribution >= 0.6 is 0 Å². The molecular weight excluding hydrogens is 404 g/mol. The number of aliphatic hydroxyl groups excluding tert-OH is 1. The number of nitro benzene ring substituents is 1. The largest absolute Gasteiger partial charge is 0.490 e. The van der Waals surface area contributed by atoms with Crippen LogP contribution in [0.5, 0.6) is 5.75 Å². The molecule has 2 aromatic carbocycles. The molecule has 2 rings (SSSR count). The van der Waals surface area contributed by atoms with Gasteiger partial charge in [0.2, 0.25) is 0 Å². The number of nitro groups is 1. The molecule has 0 amide bonds. The van der Waals surface area contributed by atoms with Crippen molar-refractivity contribution in [3.63, 3.8) is 0 Å². The highest BCUT2D eigenvalue weighted by Gasteiger charge is 2.25. The van der Waals surface area contributed by atoms with Gasteiger partial charge in [-0.05, 0) is 40.2 Å². The zero-order chi connectivity index (χ0) is 24.3. The summed E-state index contributed by atoms with van der Waals surface area (Å²) in [6, 6.07) is 12.9. The van der Waals surface area contributed by atoms with Gasteiger partial charge in [0.15, 0.2) is 0 Å². The van der Waals surface area contributed by atoms with Gasteiger partial charge >= 0.3 is 0 Å². The molecule has 0 radical (unpaired) electrons. The maximum atomic E-state index is 10.8. The summed E-state index contributed by atoms with van der Waals surface area (Å²) >= 11 is 0. The molecule has 0 fully saturated rings. The zero-order valence-corrected chi connectivity index (χ0v) is 20.8. The lowest BCUT2D eigenvalue weighted by Crippen LogP contribution is -2.46. The third-order valence-corrected chi connectivity index (χ3v) is 5.55. The molecule has 0 aromatic heterocycles. The smallest absolute Gasteiger partial charge is 0.269 e. The van der Waals surface area contributed by atoms with Crippen molar-refractivity contribution >= 4 is 5.69 Å². The molecular formula is C26H39N2O4+. The second-order valence-corrected chi connectivity index (χ2v) is 11.4. The Labute approximate surface area is 192 Å². The lowest BCUT2D eigenvalue weighted by atomic mass is 9.80. The number of quaternary nitrogens is 1. The monoisotopic (exact) mass is 443 g/mol. The molecule has 0 heterocycles. The first kappa shape index (κ1) is 25.8. The van der Waals surface area contributed by atoms with E-state index in [1.165, 1.54) is 17.7 Å². The van der Waals surface area contributed by atoms with Gasteiger partial charge in [0.25, 0.3) is 5.69 Å². The van der Waals surface area contributed by atoms with Crippen molar-refractivity contribution in [2.75, 3.05) is 27.2 Å². The molecule has 0 unspecified atom stereocenters. The Hall–Kier alpha value is -2.44. The molecule has 1 atom stereocenters. The fourth-order valence-electron chi connectivity index (χ4n) is 3.80. The van der Waals surface area contributed by atoms with E-state index in [1.54, 1.807) is 12.1 Å². The summed E-state index contributed by atoms with van der Waals surface area (Å²) < 4.78 is 6.64. The maximum Gasteiger partial charge on any atom is 0.269 e. The fraction of sp³-hybridized carbons (Fsp3) is 0.538. The number of aliphatic hydroxyl groups is 1. The van der Waals surface area contributed by atoms with Crippen molar-refractivity contribution in [2.24, 2.45) is 0 Å². The van der Waals surface area contributed by atoms with Gasteiger partial charge in [0, 0.05) is 17.7 Å². The number of non-ortho nitro benzene ring substituents is 1. The molecule has 0 aliphatic rings. The Morgan fingerprint density at radius 3 is 2.09 bits per heavy atom. The van der Waals surface area contributed by atoms with Crippen LogP contribution in [0.25, 0.3) is 0 Å². The average molecular weight is 444 g/mol. The molecule has 0 saturated carbocycles. The molecule has 0 spiro atoms. The van der Waals surface area contributed by atoms with E-state index in [9.17, 15) is 15.2 Å². The second kappa shape index (κ2) is 9.59. The summed E-state index contributed by atoms with van der Waals surface area (Å²) in [4.78, 5) is 10.4. The SMILES string of the molecule is CC(C)(C)c1ccc(OC[C@H](O)C[N+](C)(C)Cc2ccc([N+](=O)[O-])cc2)c(C(C)(C)C)c1. The minimum atomic E-state index is -0.641. The van der Waals surface area contributed by atoms with Gasteiger partial charge in [-0.15, -0.1) is 0 Å². The van der Waals surface area contributed by atoms with Crippen LogP contribution in [0.2, 0.25) is 0 Å². The van der Waals surface area contributed by atoms with Crippen LogP contribution in [0.15, 0.2) is 42.5 Å². The third kappa shape index (κ3) is 7.31. The predicted octanol–water partition coefficient (Wildman–Crippen LogP) is 5.21. The zero-order valence-electron chi connectivity index (χ0n) is 20.8. The first-order valence-electron chi connectivity index (χ1n) is 11.1. The van der Waals surface area contributed by atoms with E-state index in [-0.39, 0.29) is 23.1 Å². The Balaban J connectivity index is 2.05. The molecule has 32 heavy (non-hydrogen) atoms. The Morgan fingerprint density at radius 1 is 1.00 bits per heavy atom. The molecule has 0 aliphatic heterocycles. The minimum Gasteiger partial charge on any atom is -0.490 e. The van der Waals surface area contributed by atoms with Gasteiger partial charge < -0.3 is 14.3 Å². The molecule has 0 bridgehead atoms. The topological polar surface area (TPSA) is 72.6 Å². The van der Waals surface area contributed by atoms with E-state index < -0.39 is 11.0 Å². The minimum absolute atomic E-state index is 0.0530. The summed E-state index contributed by atoms with van der Waals surface area (Å²) in [6.45, 7) is 14.5. The summed E-state index contributed by atoms with van der Waals surface area (Å²) in [7, 11) is 4.06. The van der Waals surface area contributed by atoms with E-state index in [1.807, 2.05) is 20.2 Å². The number of benzene rings is 2. The lowest BCUT2D eigenvalue weighted by Gasteiger charge is -2.32. The number of hydrogen-bond acceptors (Lipinski definition) is 4. The summed E-state index contributed by atoms with van der Waals surface area (Å²) in [5.74, 6) is 0.810. The Kier molecular flexibility index (Phi) is 7.74. The van der Waals surface area contributed by atoms with Crippen molar-refractivity contribution in [1.82, 2.24) is 0 Å². The van der Waals surface area contributed by atoms with Crippen molar-refractivity contribution in [3.05, 3.63) is 69.3 Å². The van der Waals surface area contributed by atoms with Crippen LogP contribution in [0.4, 0.5) is 5.69 Å². The van der Waals surface area contributed by atoms with Crippen molar-refractivity contribution in [1.29, 1.82) is 0 Å². The van der Waals surface area contributed by atoms with Crippen LogP contribution in [-0.2, 0) is 17.4 Å². The number of nitrogens with zero attached hydrogens (tertiary/aromatic N) is 2. The van der Waals surface area contributed by atoms with Gasteiger partial charge in [0.1, 0.15) is 31.5 Å². The van der Waals surface area contributed by atoms with Gasteiger partial charge in [-0.2, -0.15) is 0 Å². The average Bonchev–Trinajstić information content (AvgIpc) is 2.64. The molecule has 2 aromatic rings. The first-order chi connectivity index (χ1) is 14.6. The molecule has 6 heteroatoms. The van der Waals surface area contributed by atoms with Crippen LogP contribution in [-0.4, -0.2) is 47.9 Å². The quantitative estimate of drug-likeness (QED) is 0.345. The molecule has 0 saturated heterocycles. The Bertz CT molecular complexity index is 922. The number of ether oxygens (including phenoxy) is 1. The number of rotatable bonds is 8. The third-order valence-electron chi connectivity index (χ3n) is 5.55. The highest BCUT2D eigenvalue weighted by molar-refractivity contribution is 5.43. The number of likely N-dealkylation sites (N-methyl/N-ethyl adjacent to an activating group) is 1. The number of hydrogen-bond donors (Lipinski definition) is 1. The molecule has 0 aliphatic carbocycles. The van der Waals surface area contributed by atoms with Crippen LogP contribution in [0.3, 0.4) is 0 Å². The highest BCUT2D eigenvalue weighted by atomic mass is 16.6. The molecule has 176 valence electrons. The predicted molar refractivity (Wildman–Crippen MR) is 129 cm³/mol. The second-order valence-electron chi connectivity index (χ2n) is 11.4. The molecule has 1 N–H and O–H groups in total. The highest BCUT2D eigenvalue weighted by Crippen LogP contribution is 2.35. The van der Waals surface area contributed by atoms with Crippen LogP contribution < -0.4 is 4.74 Å². The van der Waals surface area contributed by atoms with E-state index in [4.69, 9.17) is 4.74 Å². The standard InChI is InChI=1S/C26H39N2O4/c1-25(2,3)20-11-14-24(23(15-20)26(4,5)6)32-18-22(29)17-28(7,8)16-19-9-12-21(13-10-19)27(30)31/h9-15,22,29H,16-18H2,1-8H3/q+1/t22-/m1/s1. The van der Waals surface area contributed by atoms with E-state index in [0.29, 0.717) is 17.6 Å².